The zero-order valence-electron chi connectivity index (χ0n) is 6.71. The lowest BCUT2D eigenvalue weighted by atomic mass is 9.38. The average Bonchev–Trinajstić information content (AvgIpc) is 2.68. The molecule has 11 heavy (non-hydrogen) atoms. The molecule has 0 amide bonds. The molecule has 1 aliphatic carbocycles. The first-order chi connectivity index (χ1) is 5.42. The van der Waals surface area contributed by atoms with Gasteiger partial charge in [0.25, 0.3) is 6.71 Å². The molecule has 3 heteroatoms. The molecule has 0 bridgehead atoms. The molecule has 0 aromatic rings. The number of nitriles is 1. The first-order valence-corrected chi connectivity index (χ1v) is 4.52. The summed E-state index contributed by atoms with van der Waals surface area (Å²) in [5.74, 6) is 3.88. The molecule has 2 nitrogen and oxygen atoms in total. The van der Waals surface area contributed by atoms with Gasteiger partial charge in [0.1, 0.15) is 0 Å². The Bertz CT molecular complexity index is 177. The summed E-state index contributed by atoms with van der Waals surface area (Å²) in [6.45, 7) is 2.56. The Morgan fingerprint density at radius 3 is 2.55 bits per heavy atom. The number of hydrogen-bond acceptors (Lipinski definition) is 2. The number of rotatable bonds is 2. The quantitative estimate of drug-likeness (QED) is 0.594. The summed E-state index contributed by atoms with van der Waals surface area (Å²) >= 11 is 0. The summed E-state index contributed by atoms with van der Waals surface area (Å²) in [4.78, 5) is 0. The van der Waals surface area contributed by atoms with Gasteiger partial charge in [-0.25, -0.2) is 5.26 Å². The van der Waals surface area contributed by atoms with Crippen LogP contribution in [0.2, 0.25) is 11.6 Å². The molecule has 58 valence electrons. The number of nitrogens with zero attached hydrogens (tertiary/aromatic N) is 1. The van der Waals surface area contributed by atoms with Gasteiger partial charge in [0.15, 0.2) is 0 Å². The third kappa shape index (κ3) is 1.41. The van der Waals surface area contributed by atoms with E-state index in [0.29, 0.717) is 12.5 Å². The van der Waals surface area contributed by atoms with E-state index in [1.807, 2.05) is 0 Å². The lowest BCUT2D eigenvalue weighted by Crippen LogP contribution is -2.21. The zero-order chi connectivity index (χ0) is 7.68. The van der Waals surface area contributed by atoms with Crippen LogP contribution in [-0.2, 0) is 0 Å². The Balaban J connectivity index is 1.94. The van der Waals surface area contributed by atoms with Crippen LogP contribution in [-0.4, -0.2) is 19.8 Å². The molecule has 1 heterocycles. The Morgan fingerprint density at radius 2 is 2.09 bits per heavy atom. The fourth-order valence-corrected chi connectivity index (χ4v) is 2.03. The maximum atomic E-state index is 8.92. The minimum Gasteiger partial charge on any atom is -0.317 e. The van der Waals surface area contributed by atoms with Crippen LogP contribution in [0.5, 0.6) is 0 Å². The van der Waals surface area contributed by atoms with E-state index in [-0.39, 0.29) is 0 Å². The lowest BCUT2D eigenvalue weighted by Gasteiger charge is -2.09. The van der Waals surface area contributed by atoms with Crippen LogP contribution in [0.1, 0.15) is 19.3 Å². The van der Waals surface area contributed by atoms with Gasteiger partial charge in [-0.2, -0.15) is 0 Å². The van der Waals surface area contributed by atoms with E-state index in [1.165, 1.54) is 19.3 Å². The second-order valence-corrected chi connectivity index (χ2v) is 3.75. The van der Waals surface area contributed by atoms with Crippen LogP contribution in [0.4, 0.5) is 0 Å². The Morgan fingerprint density at radius 1 is 1.27 bits per heavy atom. The van der Waals surface area contributed by atoms with Crippen LogP contribution < -0.4 is 5.32 Å². The number of nitrogens with one attached hydrogen (secondary N) is 1. The van der Waals surface area contributed by atoms with E-state index in [1.54, 1.807) is 0 Å². The molecule has 0 aromatic heterocycles. The minimum absolute atomic E-state index is 0.366. The van der Waals surface area contributed by atoms with Crippen LogP contribution >= 0.6 is 0 Å². The van der Waals surface area contributed by atoms with Crippen molar-refractivity contribution in [2.75, 3.05) is 13.1 Å². The molecule has 1 saturated carbocycles. The molecule has 0 spiro atoms. The van der Waals surface area contributed by atoms with Crippen molar-refractivity contribution in [2.45, 2.75) is 30.9 Å². The van der Waals surface area contributed by atoms with Crippen molar-refractivity contribution in [1.29, 1.82) is 5.26 Å². The fraction of sp³-hybridized carbons (Fsp3) is 0.875. The maximum absolute atomic E-state index is 8.92. The molecule has 2 aliphatic rings. The van der Waals surface area contributed by atoms with E-state index in [2.05, 4.69) is 11.3 Å². The number of hydrogen-bond donors (Lipinski definition) is 1. The van der Waals surface area contributed by atoms with E-state index in [4.69, 9.17) is 5.26 Å². The van der Waals surface area contributed by atoms with Gasteiger partial charge in [0.2, 0.25) is 0 Å². The third-order valence-electron chi connectivity index (χ3n) is 2.89. The summed E-state index contributed by atoms with van der Waals surface area (Å²) in [5, 5.41) is 12.2. The van der Waals surface area contributed by atoms with Gasteiger partial charge < -0.3 is 5.32 Å². The molecule has 1 aliphatic heterocycles. The van der Waals surface area contributed by atoms with Gasteiger partial charge >= 0.3 is 0 Å². The van der Waals surface area contributed by atoms with Crippen molar-refractivity contribution in [3.8, 4) is 5.97 Å². The van der Waals surface area contributed by atoms with Crippen LogP contribution in [0.25, 0.3) is 0 Å². The topological polar surface area (TPSA) is 35.8 Å². The summed E-state index contributed by atoms with van der Waals surface area (Å²) in [5.41, 5.74) is 0. The molecule has 0 radical (unpaired) electrons. The van der Waals surface area contributed by atoms with Crippen molar-refractivity contribution in [3.05, 3.63) is 0 Å². The van der Waals surface area contributed by atoms with Crippen molar-refractivity contribution in [1.82, 2.24) is 5.32 Å². The Hall–Kier alpha value is -0.485. The Kier molecular flexibility index (Phi) is 1.87. The normalized spacial score (nSPS) is 29.9. The second kappa shape index (κ2) is 2.87. The lowest BCUT2D eigenvalue weighted by molar-refractivity contribution is 0.853. The van der Waals surface area contributed by atoms with E-state index in [0.717, 1.165) is 18.9 Å². The maximum Gasteiger partial charge on any atom is 0.275 e. The monoisotopic (exact) mass is 148 g/mol. The van der Waals surface area contributed by atoms with Crippen LogP contribution in [0, 0.1) is 11.2 Å². The van der Waals surface area contributed by atoms with Crippen molar-refractivity contribution in [3.63, 3.8) is 0 Å². The highest BCUT2D eigenvalue weighted by atomic mass is 14.9. The highest BCUT2D eigenvalue weighted by Crippen LogP contribution is 2.43. The van der Waals surface area contributed by atoms with Gasteiger partial charge in [0.05, 0.1) is 0 Å². The Labute approximate surface area is 68.0 Å². The fourth-order valence-electron chi connectivity index (χ4n) is 2.03. The molecule has 2 rings (SSSR count). The summed E-state index contributed by atoms with van der Waals surface area (Å²) < 4.78 is 0. The first-order valence-electron chi connectivity index (χ1n) is 4.52. The van der Waals surface area contributed by atoms with E-state index < -0.39 is 0 Å². The zero-order valence-corrected chi connectivity index (χ0v) is 6.71. The predicted octanol–water partition coefficient (Wildman–Crippen LogP) is 1.07. The average molecular weight is 148 g/mol. The molecule has 0 aromatic carbocycles. The van der Waals surface area contributed by atoms with Crippen molar-refractivity contribution >= 4 is 6.71 Å². The van der Waals surface area contributed by atoms with Gasteiger partial charge in [-0.15, -0.1) is 0 Å². The molecule has 1 saturated heterocycles. The van der Waals surface area contributed by atoms with E-state index in [9.17, 15) is 0 Å². The van der Waals surface area contributed by atoms with Crippen molar-refractivity contribution in [2.24, 2.45) is 0 Å². The summed E-state index contributed by atoms with van der Waals surface area (Å²) in [7, 11) is 0. The largest absolute Gasteiger partial charge is 0.317 e. The molecule has 2 fully saturated rings. The highest BCUT2D eigenvalue weighted by Gasteiger charge is 2.41. The standard InChI is InChI=1S/C8H13BN2/c10-6-9(7-1-2-7)8-3-4-11-5-8/h7-8,11H,1-5H2. The van der Waals surface area contributed by atoms with Crippen LogP contribution in [0.15, 0.2) is 0 Å². The minimum atomic E-state index is 0.366. The summed E-state index contributed by atoms with van der Waals surface area (Å²) in [6.07, 6.45) is 3.82. The van der Waals surface area contributed by atoms with Gasteiger partial charge in [-0.1, -0.05) is 12.8 Å². The highest BCUT2D eigenvalue weighted by molar-refractivity contribution is 6.70. The van der Waals surface area contributed by atoms with Crippen molar-refractivity contribution < 1.29 is 0 Å². The van der Waals surface area contributed by atoms with Gasteiger partial charge in [-0.3, -0.25) is 0 Å². The van der Waals surface area contributed by atoms with E-state index >= 15 is 0 Å². The third-order valence-corrected chi connectivity index (χ3v) is 2.89. The molecule has 1 atom stereocenters. The second-order valence-electron chi connectivity index (χ2n) is 3.75. The molecular formula is C8H13BN2. The first kappa shape index (κ1) is 7.18. The molecular weight excluding hydrogens is 135 g/mol. The predicted molar refractivity (Wildman–Crippen MR) is 45.6 cm³/mol. The smallest absolute Gasteiger partial charge is 0.275 e. The molecule has 1 N–H and O–H groups in total. The van der Waals surface area contributed by atoms with Gasteiger partial charge in [0, 0.05) is 5.97 Å². The SMILES string of the molecule is N#CB(C1CC1)C1CCNC1. The van der Waals surface area contributed by atoms with Crippen LogP contribution in [0.3, 0.4) is 0 Å². The summed E-state index contributed by atoms with van der Waals surface area (Å²) in [6, 6.07) is 0. The molecule has 1 unspecified atom stereocenters. The van der Waals surface area contributed by atoms with Gasteiger partial charge in [-0.05, 0) is 31.1 Å².